The molecule has 0 bridgehead atoms. The highest BCUT2D eigenvalue weighted by molar-refractivity contribution is 7.89. The summed E-state index contributed by atoms with van der Waals surface area (Å²) >= 11 is 0. The van der Waals surface area contributed by atoms with Gasteiger partial charge in [-0.3, -0.25) is 4.79 Å². The number of hydrogen-bond acceptors (Lipinski definition) is 6. The number of anilines is 1. The van der Waals surface area contributed by atoms with Crippen LogP contribution in [0.15, 0.2) is 53.4 Å². The van der Waals surface area contributed by atoms with Crippen molar-refractivity contribution in [2.24, 2.45) is 0 Å². The standard InChI is InChI=1S/C20H25N3O5S/c1-27-18-4-2-3-5-19(18)28-15-10-20(24)22-11-13-23(14-12-22)29(25,26)17-8-6-16(21)7-9-17/h2-9H,10-15,21H2,1H3. The second kappa shape index (κ2) is 9.15. The number of carbonyl (C=O) groups excluding carboxylic acids is 1. The van der Waals surface area contributed by atoms with Gasteiger partial charge in [-0.25, -0.2) is 8.42 Å². The Kier molecular flexibility index (Phi) is 6.60. The topological polar surface area (TPSA) is 102 Å². The fourth-order valence-corrected chi connectivity index (χ4v) is 4.53. The number of para-hydroxylation sites is 2. The Hall–Kier alpha value is -2.78. The molecule has 9 heteroatoms. The van der Waals surface area contributed by atoms with E-state index in [4.69, 9.17) is 15.2 Å². The van der Waals surface area contributed by atoms with Crippen molar-refractivity contribution in [3.8, 4) is 11.5 Å². The number of ether oxygens (including phenoxy) is 2. The maximum Gasteiger partial charge on any atom is 0.243 e. The van der Waals surface area contributed by atoms with Crippen molar-refractivity contribution < 1.29 is 22.7 Å². The van der Waals surface area contributed by atoms with Crippen LogP contribution < -0.4 is 15.2 Å². The Labute approximate surface area is 170 Å². The summed E-state index contributed by atoms with van der Waals surface area (Å²) in [6.45, 7) is 1.43. The van der Waals surface area contributed by atoms with Gasteiger partial charge in [0.1, 0.15) is 0 Å². The Balaban J connectivity index is 1.50. The first-order valence-corrected chi connectivity index (χ1v) is 10.7. The first-order valence-electron chi connectivity index (χ1n) is 9.31. The fourth-order valence-electron chi connectivity index (χ4n) is 3.11. The summed E-state index contributed by atoms with van der Waals surface area (Å²) in [5, 5.41) is 0. The molecule has 1 aliphatic heterocycles. The minimum atomic E-state index is -3.59. The van der Waals surface area contributed by atoms with E-state index in [1.807, 2.05) is 12.1 Å². The molecule has 2 aromatic carbocycles. The normalized spacial score (nSPS) is 15.1. The van der Waals surface area contributed by atoms with Gasteiger partial charge in [0, 0.05) is 31.9 Å². The monoisotopic (exact) mass is 419 g/mol. The van der Waals surface area contributed by atoms with Crippen LogP contribution in [-0.2, 0) is 14.8 Å². The van der Waals surface area contributed by atoms with Crippen LogP contribution in [0.3, 0.4) is 0 Å². The van der Waals surface area contributed by atoms with E-state index in [0.29, 0.717) is 30.3 Å². The van der Waals surface area contributed by atoms with Gasteiger partial charge in [-0.05, 0) is 36.4 Å². The lowest BCUT2D eigenvalue weighted by atomic mass is 10.3. The minimum Gasteiger partial charge on any atom is -0.493 e. The molecule has 156 valence electrons. The molecule has 1 aliphatic rings. The zero-order chi connectivity index (χ0) is 20.9. The largest absolute Gasteiger partial charge is 0.493 e. The Bertz CT molecular complexity index is 939. The molecule has 1 heterocycles. The van der Waals surface area contributed by atoms with Crippen LogP contribution in [0, 0.1) is 0 Å². The van der Waals surface area contributed by atoms with Crippen LogP contribution in [-0.4, -0.2) is 63.4 Å². The van der Waals surface area contributed by atoms with Gasteiger partial charge in [0.2, 0.25) is 15.9 Å². The number of nitrogens with zero attached hydrogens (tertiary/aromatic N) is 2. The molecule has 2 aromatic rings. The van der Waals surface area contributed by atoms with Crippen molar-refractivity contribution in [3.05, 3.63) is 48.5 Å². The quantitative estimate of drug-likeness (QED) is 0.684. The fraction of sp³-hybridized carbons (Fsp3) is 0.350. The van der Waals surface area contributed by atoms with Crippen LogP contribution in [0.4, 0.5) is 5.69 Å². The van der Waals surface area contributed by atoms with Gasteiger partial charge in [0.15, 0.2) is 11.5 Å². The molecule has 29 heavy (non-hydrogen) atoms. The number of benzene rings is 2. The molecule has 2 N–H and O–H groups in total. The summed E-state index contributed by atoms with van der Waals surface area (Å²) in [6, 6.07) is 13.4. The summed E-state index contributed by atoms with van der Waals surface area (Å²) in [6.07, 6.45) is 0.211. The summed E-state index contributed by atoms with van der Waals surface area (Å²) < 4.78 is 37.7. The average molecular weight is 420 g/mol. The van der Waals surface area contributed by atoms with Crippen molar-refractivity contribution in [3.63, 3.8) is 0 Å². The molecular formula is C20H25N3O5S. The first kappa shape index (κ1) is 20.9. The Morgan fingerprint density at radius 2 is 1.62 bits per heavy atom. The maximum atomic E-state index is 12.7. The molecule has 0 atom stereocenters. The molecule has 3 rings (SSSR count). The summed E-state index contributed by atoms with van der Waals surface area (Å²) in [5.74, 6) is 1.13. The van der Waals surface area contributed by atoms with Crippen molar-refractivity contribution in [1.29, 1.82) is 0 Å². The molecule has 0 radical (unpaired) electrons. The van der Waals surface area contributed by atoms with E-state index in [2.05, 4.69) is 0 Å². The van der Waals surface area contributed by atoms with Gasteiger partial charge in [0.25, 0.3) is 0 Å². The van der Waals surface area contributed by atoms with Gasteiger partial charge in [-0.15, -0.1) is 0 Å². The molecule has 0 aliphatic carbocycles. The van der Waals surface area contributed by atoms with E-state index in [-0.39, 0.29) is 36.9 Å². The molecule has 0 aromatic heterocycles. The van der Waals surface area contributed by atoms with Crippen LogP contribution in [0.25, 0.3) is 0 Å². The zero-order valence-electron chi connectivity index (χ0n) is 16.3. The number of hydrogen-bond donors (Lipinski definition) is 1. The van der Waals surface area contributed by atoms with Gasteiger partial charge in [0.05, 0.1) is 25.0 Å². The predicted molar refractivity (Wildman–Crippen MR) is 109 cm³/mol. The van der Waals surface area contributed by atoms with Gasteiger partial charge < -0.3 is 20.1 Å². The molecule has 1 amide bonds. The minimum absolute atomic E-state index is 0.0653. The highest BCUT2D eigenvalue weighted by Gasteiger charge is 2.29. The molecule has 8 nitrogen and oxygen atoms in total. The van der Waals surface area contributed by atoms with Crippen molar-refractivity contribution in [2.75, 3.05) is 45.6 Å². The predicted octanol–water partition coefficient (Wildman–Crippen LogP) is 1.58. The van der Waals surface area contributed by atoms with E-state index in [1.165, 1.54) is 16.4 Å². The van der Waals surface area contributed by atoms with E-state index in [9.17, 15) is 13.2 Å². The highest BCUT2D eigenvalue weighted by Crippen LogP contribution is 2.26. The van der Waals surface area contributed by atoms with E-state index >= 15 is 0 Å². The lowest BCUT2D eigenvalue weighted by Crippen LogP contribution is -2.50. The number of piperazine rings is 1. The zero-order valence-corrected chi connectivity index (χ0v) is 17.1. The van der Waals surface area contributed by atoms with Crippen molar-refractivity contribution in [1.82, 2.24) is 9.21 Å². The lowest BCUT2D eigenvalue weighted by molar-refractivity contribution is -0.132. The van der Waals surface area contributed by atoms with E-state index in [1.54, 1.807) is 36.3 Å². The number of nitrogen functional groups attached to an aromatic ring is 1. The number of nitrogens with two attached hydrogens (primary N) is 1. The lowest BCUT2D eigenvalue weighted by Gasteiger charge is -2.34. The summed E-state index contributed by atoms with van der Waals surface area (Å²) in [4.78, 5) is 14.3. The maximum absolute atomic E-state index is 12.7. The van der Waals surface area contributed by atoms with Gasteiger partial charge in [-0.1, -0.05) is 12.1 Å². The number of methoxy groups -OCH3 is 1. The Morgan fingerprint density at radius 3 is 2.24 bits per heavy atom. The number of amides is 1. The summed E-state index contributed by atoms with van der Waals surface area (Å²) in [7, 11) is -2.03. The third-order valence-electron chi connectivity index (χ3n) is 4.75. The third kappa shape index (κ3) is 4.99. The average Bonchev–Trinajstić information content (AvgIpc) is 2.74. The van der Waals surface area contributed by atoms with Crippen molar-refractivity contribution in [2.45, 2.75) is 11.3 Å². The second-order valence-corrected chi connectivity index (χ2v) is 8.54. The van der Waals surface area contributed by atoms with Gasteiger partial charge >= 0.3 is 0 Å². The molecule has 0 unspecified atom stereocenters. The molecular weight excluding hydrogens is 394 g/mol. The SMILES string of the molecule is COc1ccccc1OCCC(=O)N1CCN(S(=O)(=O)c2ccc(N)cc2)CC1. The van der Waals surface area contributed by atoms with Crippen LogP contribution in [0.2, 0.25) is 0 Å². The Morgan fingerprint density at radius 1 is 1.00 bits per heavy atom. The van der Waals surface area contributed by atoms with Crippen LogP contribution in [0.1, 0.15) is 6.42 Å². The number of sulfonamides is 1. The van der Waals surface area contributed by atoms with Crippen LogP contribution in [0.5, 0.6) is 11.5 Å². The van der Waals surface area contributed by atoms with Gasteiger partial charge in [-0.2, -0.15) is 4.31 Å². The van der Waals surface area contributed by atoms with Crippen LogP contribution >= 0.6 is 0 Å². The van der Waals surface area contributed by atoms with E-state index < -0.39 is 10.0 Å². The smallest absolute Gasteiger partial charge is 0.243 e. The third-order valence-corrected chi connectivity index (χ3v) is 6.66. The van der Waals surface area contributed by atoms with Crippen molar-refractivity contribution >= 4 is 21.6 Å². The number of rotatable bonds is 7. The molecule has 1 fully saturated rings. The first-order chi connectivity index (χ1) is 13.9. The summed E-state index contributed by atoms with van der Waals surface area (Å²) in [5.41, 5.74) is 6.13. The molecule has 0 spiro atoms. The molecule has 1 saturated heterocycles. The second-order valence-electron chi connectivity index (χ2n) is 6.60. The number of carbonyl (C=O) groups is 1. The van der Waals surface area contributed by atoms with E-state index in [0.717, 1.165) is 0 Å². The highest BCUT2D eigenvalue weighted by atomic mass is 32.2. The molecule has 0 saturated carbocycles.